The van der Waals surface area contributed by atoms with Crippen molar-refractivity contribution in [1.29, 1.82) is 0 Å². The van der Waals surface area contributed by atoms with E-state index in [1.807, 2.05) is 52.5 Å². The number of para-hydroxylation sites is 1. The van der Waals surface area contributed by atoms with Crippen molar-refractivity contribution in [2.24, 2.45) is 0 Å². The van der Waals surface area contributed by atoms with Crippen molar-refractivity contribution < 1.29 is 4.79 Å². The van der Waals surface area contributed by atoms with Crippen molar-refractivity contribution in [3.63, 3.8) is 0 Å². The fourth-order valence-corrected chi connectivity index (χ4v) is 3.05. The Bertz CT molecular complexity index is 694. The molecule has 0 N–H and O–H groups in total. The minimum atomic E-state index is -0.0846. The van der Waals surface area contributed by atoms with Gasteiger partial charge >= 0.3 is 0 Å². The molecule has 1 aliphatic rings. The Kier molecular flexibility index (Phi) is 3.53. The fourth-order valence-electron chi connectivity index (χ4n) is 3.05. The maximum absolute atomic E-state index is 12.6. The Hall–Kier alpha value is -2.49. The van der Waals surface area contributed by atoms with E-state index in [1.165, 1.54) is 0 Å². The molecule has 0 unspecified atom stereocenters. The van der Waals surface area contributed by atoms with Gasteiger partial charge in [0.2, 0.25) is 0 Å². The standard InChI is InChI=1S/C18H21N3O/c1-19(2)14-11-9-13(10-12-14)17-20(3)16-8-6-5-7-15(16)18(22)21(17)4/h5-12,17H,1-4H3/t17-/m0/s1. The number of fused-ring (bicyclic) bond motifs is 1. The van der Waals surface area contributed by atoms with Crippen LogP contribution in [0.3, 0.4) is 0 Å². The molecule has 114 valence electrons. The Morgan fingerprint density at radius 3 is 2.18 bits per heavy atom. The van der Waals surface area contributed by atoms with Crippen LogP contribution in [-0.2, 0) is 0 Å². The quantitative estimate of drug-likeness (QED) is 0.852. The molecular formula is C18H21N3O. The molecule has 1 aliphatic heterocycles. The smallest absolute Gasteiger partial charge is 0.257 e. The van der Waals surface area contributed by atoms with E-state index in [1.54, 1.807) is 4.90 Å². The summed E-state index contributed by atoms with van der Waals surface area (Å²) >= 11 is 0. The highest BCUT2D eigenvalue weighted by Gasteiger charge is 2.34. The number of carbonyl (C=O) groups is 1. The molecule has 0 bridgehead atoms. The number of amides is 1. The minimum absolute atomic E-state index is 0.0652. The number of hydrogen-bond acceptors (Lipinski definition) is 3. The summed E-state index contributed by atoms with van der Waals surface area (Å²) in [6, 6.07) is 16.1. The van der Waals surface area contributed by atoms with Gasteiger partial charge in [-0.2, -0.15) is 0 Å². The fraction of sp³-hybridized carbons (Fsp3) is 0.278. The molecule has 1 heterocycles. The van der Waals surface area contributed by atoms with Crippen molar-refractivity contribution in [3.8, 4) is 0 Å². The lowest BCUT2D eigenvalue weighted by Crippen LogP contribution is -2.45. The second kappa shape index (κ2) is 5.37. The molecule has 4 nitrogen and oxygen atoms in total. The first kappa shape index (κ1) is 14.4. The van der Waals surface area contributed by atoms with Crippen molar-refractivity contribution in [1.82, 2.24) is 4.90 Å². The molecule has 0 saturated carbocycles. The third-order valence-corrected chi connectivity index (χ3v) is 4.28. The predicted octanol–water partition coefficient (Wildman–Crippen LogP) is 2.97. The van der Waals surface area contributed by atoms with Crippen LogP contribution in [0.15, 0.2) is 48.5 Å². The summed E-state index contributed by atoms with van der Waals surface area (Å²) in [6.45, 7) is 0. The zero-order valence-corrected chi connectivity index (χ0v) is 13.4. The van der Waals surface area contributed by atoms with Crippen molar-refractivity contribution >= 4 is 17.3 Å². The predicted molar refractivity (Wildman–Crippen MR) is 90.4 cm³/mol. The van der Waals surface area contributed by atoms with Gasteiger partial charge in [-0.15, -0.1) is 0 Å². The van der Waals surface area contributed by atoms with Crippen LogP contribution >= 0.6 is 0 Å². The van der Waals surface area contributed by atoms with E-state index in [-0.39, 0.29) is 12.1 Å². The van der Waals surface area contributed by atoms with E-state index in [4.69, 9.17) is 0 Å². The summed E-state index contributed by atoms with van der Waals surface area (Å²) in [4.78, 5) is 18.6. The Morgan fingerprint density at radius 2 is 1.55 bits per heavy atom. The van der Waals surface area contributed by atoms with Crippen LogP contribution in [0, 0.1) is 0 Å². The highest BCUT2D eigenvalue weighted by atomic mass is 16.2. The summed E-state index contributed by atoms with van der Waals surface area (Å²) in [5.74, 6) is 0.0652. The van der Waals surface area contributed by atoms with E-state index in [2.05, 4.69) is 34.1 Å². The van der Waals surface area contributed by atoms with E-state index in [0.717, 1.165) is 22.5 Å². The van der Waals surface area contributed by atoms with Gasteiger partial charge in [0.25, 0.3) is 5.91 Å². The second-order valence-corrected chi connectivity index (χ2v) is 5.90. The molecule has 0 aliphatic carbocycles. The Labute approximate surface area is 131 Å². The SMILES string of the molecule is CN(C)c1ccc([C@@H]2N(C)C(=O)c3ccccc3N2C)cc1. The Balaban J connectivity index is 2.02. The van der Waals surface area contributed by atoms with Gasteiger partial charge in [0, 0.05) is 33.9 Å². The first-order valence-corrected chi connectivity index (χ1v) is 7.37. The second-order valence-electron chi connectivity index (χ2n) is 5.90. The normalized spacial score (nSPS) is 17.5. The molecule has 22 heavy (non-hydrogen) atoms. The Morgan fingerprint density at radius 1 is 0.909 bits per heavy atom. The van der Waals surface area contributed by atoms with Crippen LogP contribution in [0.1, 0.15) is 22.1 Å². The molecule has 0 radical (unpaired) electrons. The molecule has 4 heteroatoms. The van der Waals surface area contributed by atoms with E-state index >= 15 is 0 Å². The highest BCUT2D eigenvalue weighted by Crippen LogP contribution is 2.36. The van der Waals surface area contributed by atoms with Crippen LogP contribution < -0.4 is 9.80 Å². The van der Waals surface area contributed by atoms with Crippen LogP contribution in [0.25, 0.3) is 0 Å². The maximum atomic E-state index is 12.6. The van der Waals surface area contributed by atoms with Gasteiger partial charge in [-0.05, 0) is 29.8 Å². The number of nitrogens with zero attached hydrogens (tertiary/aromatic N) is 3. The topological polar surface area (TPSA) is 26.8 Å². The van der Waals surface area contributed by atoms with Crippen molar-refractivity contribution in [3.05, 3.63) is 59.7 Å². The highest BCUT2D eigenvalue weighted by molar-refractivity contribution is 6.01. The molecule has 0 saturated heterocycles. The van der Waals surface area contributed by atoms with E-state index < -0.39 is 0 Å². The first-order chi connectivity index (χ1) is 10.5. The average molecular weight is 295 g/mol. The largest absolute Gasteiger partial charge is 0.378 e. The molecule has 0 spiro atoms. The summed E-state index contributed by atoms with van der Waals surface area (Å²) in [5.41, 5.74) is 4.00. The molecular weight excluding hydrogens is 274 g/mol. The number of rotatable bonds is 2. The lowest BCUT2D eigenvalue weighted by atomic mass is 10.0. The van der Waals surface area contributed by atoms with E-state index in [9.17, 15) is 4.79 Å². The zero-order chi connectivity index (χ0) is 15.9. The van der Waals surface area contributed by atoms with Crippen LogP contribution in [-0.4, -0.2) is 39.0 Å². The molecule has 1 atom stereocenters. The monoisotopic (exact) mass is 295 g/mol. The van der Waals surface area contributed by atoms with Gasteiger partial charge in [0.1, 0.15) is 6.17 Å². The summed E-state index contributed by atoms with van der Waals surface area (Å²) < 4.78 is 0. The van der Waals surface area contributed by atoms with Gasteiger partial charge < -0.3 is 14.7 Å². The average Bonchev–Trinajstić information content (AvgIpc) is 2.53. The maximum Gasteiger partial charge on any atom is 0.257 e. The van der Waals surface area contributed by atoms with Crippen LogP contribution in [0.4, 0.5) is 11.4 Å². The number of anilines is 2. The van der Waals surface area contributed by atoms with Gasteiger partial charge in [-0.1, -0.05) is 24.3 Å². The number of benzene rings is 2. The molecule has 2 aromatic rings. The lowest BCUT2D eigenvalue weighted by Gasteiger charge is -2.42. The first-order valence-electron chi connectivity index (χ1n) is 7.37. The third kappa shape index (κ3) is 2.21. The zero-order valence-electron chi connectivity index (χ0n) is 13.4. The molecule has 2 aromatic carbocycles. The van der Waals surface area contributed by atoms with Gasteiger partial charge in [0.15, 0.2) is 0 Å². The van der Waals surface area contributed by atoms with Gasteiger partial charge in [-0.3, -0.25) is 4.79 Å². The molecule has 0 aromatic heterocycles. The van der Waals surface area contributed by atoms with Gasteiger partial charge in [0.05, 0.1) is 11.3 Å². The molecule has 0 fully saturated rings. The molecule has 1 amide bonds. The van der Waals surface area contributed by atoms with E-state index in [0.29, 0.717) is 0 Å². The van der Waals surface area contributed by atoms with Crippen molar-refractivity contribution in [2.45, 2.75) is 6.17 Å². The summed E-state index contributed by atoms with van der Waals surface area (Å²) in [5, 5.41) is 0. The van der Waals surface area contributed by atoms with Gasteiger partial charge in [-0.25, -0.2) is 0 Å². The third-order valence-electron chi connectivity index (χ3n) is 4.28. The summed E-state index contributed by atoms with van der Waals surface area (Å²) in [6.07, 6.45) is -0.0846. The lowest BCUT2D eigenvalue weighted by molar-refractivity contribution is 0.0711. The summed E-state index contributed by atoms with van der Waals surface area (Å²) in [7, 11) is 7.94. The molecule has 3 rings (SSSR count). The van der Waals surface area contributed by atoms with Crippen LogP contribution in [0.5, 0.6) is 0 Å². The number of carbonyl (C=O) groups excluding carboxylic acids is 1. The van der Waals surface area contributed by atoms with Crippen molar-refractivity contribution in [2.75, 3.05) is 38.0 Å². The van der Waals surface area contributed by atoms with Crippen LogP contribution in [0.2, 0.25) is 0 Å². The minimum Gasteiger partial charge on any atom is -0.378 e. The number of hydrogen-bond donors (Lipinski definition) is 0.